The summed E-state index contributed by atoms with van der Waals surface area (Å²) in [6.45, 7) is 11.5. The van der Waals surface area contributed by atoms with E-state index < -0.39 is 0 Å². The Morgan fingerprint density at radius 2 is 0.260 bits per heavy atom. The van der Waals surface area contributed by atoms with Crippen molar-refractivity contribution in [2.75, 3.05) is 26.4 Å². The van der Waals surface area contributed by atoms with Crippen LogP contribution in [0.25, 0.3) is 44.5 Å². The molecule has 0 spiro atoms. The maximum atomic E-state index is 7.23. The van der Waals surface area contributed by atoms with E-state index in [1.165, 1.54) is 178 Å². The lowest BCUT2D eigenvalue weighted by Crippen LogP contribution is -2.13. The maximum absolute atomic E-state index is 7.23. The van der Waals surface area contributed by atoms with Crippen LogP contribution in [0.4, 0.5) is 0 Å². The zero-order valence-electron chi connectivity index (χ0n) is 58.6. The van der Waals surface area contributed by atoms with Crippen molar-refractivity contribution in [2.45, 2.75) is 130 Å². The summed E-state index contributed by atoms with van der Waals surface area (Å²) in [5, 5.41) is 0. The second-order valence-corrected chi connectivity index (χ2v) is 28.7. The Kier molecular flexibility index (Phi) is 17.4. The molecule has 0 N–H and O–H groups in total. The largest absolute Gasteiger partial charge is 0.493 e. The minimum Gasteiger partial charge on any atom is -0.493 e. The van der Waals surface area contributed by atoms with E-state index in [4.69, 9.17) is 18.9 Å². The minimum atomic E-state index is 0.633. The average Bonchev–Trinajstić information content (AvgIpc) is 0.744. The number of hydrogen-bond acceptors (Lipinski definition) is 4. The lowest BCUT2D eigenvalue weighted by atomic mass is 9.75. The first-order valence-electron chi connectivity index (χ1n) is 37.2. The number of ether oxygens (including phenoxy) is 4. The summed E-state index contributed by atoms with van der Waals surface area (Å²) in [4.78, 5) is 0. The summed E-state index contributed by atoms with van der Waals surface area (Å²) < 4.78 is 28.9. The fourth-order valence-electron chi connectivity index (χ4n) is 17.8. The molecule has 32 bridgehead atoms. The average molecular weight is 1310 g/mol. The zero-order chi connectivity index (χ0) is 67.2. The van der Waals surface area contributed by atoms with Gasteiger partial charge in [-0.15, -0.1) is 0 Å². The number of rotatable bonds is 12. The standard InChI is InChI=1S/C96H88O4/c1-5-45-97-93-77-37-17-38-78(93)54-70-30-14-32-72-56-80-40-18-39-79(94(80)98-46-6-2)55-71-31-13-29-69(53-77)89(71)85-61-21-9-22-62(85)50-66-26-12-28-68-52-64-24-10-23-63(86(64)90(70)72)51-67-27-11-25-65(49-61)87(67)91-73-33-15-35-75(91)59-83-43-20-44-84(96(83)100-48-8-4)60-76-36-16-34-74(92(76)88(66)68)58-82-42-19-41-81(57-73)95(82)99-47-7-3/h9-44H,5-8,45-60H2,1-4H3. The van der Waals surface area contributed by atoms with Crippen LogP contribution >= 0.6 is 0 Å². The Labute approximate surface area is 591 Å². The predicted molar refractivity (Wildman–Crippen MR) is 410 cm³/mol. The summed E-state index contributed by atoms with van der Waals surface area (Å²) in [7, 11) is 0. The molecule has 17 rings (SSSR count). The molecule has 12 aromatic carbocycles. The van der Waals surface area contributed by atoms with Crippen molar-refractivity contribution < 1.29 is 18.9 Å². The lowest BCUT2D eigenvalue weighted by Gasteiger charge is -2.29. The van der Waals surface area contributed by atoms with Gasteiger partial charge in [-0.25, -0.2) is 0 Å². The van der Waals surface area contributed by atoms with Gasteiger partial charge in [-0.3, -0.25) is 0 Å². The van der Waals surface area contributed by atoms with Gasteiger partial charge in [0.05, 0.1) is 26.4 Å². The Balaban J connectivity index is 1.11. The highest BCUT2D eigenvalue weighted by Gasteiger charge is 2.32. The first kappa shape index (κ1) is 63.3. The first-order valence-corrected chi connectivity index (χ1v) is 37.2. The van der Waals surface area contributed by atoms with E-state index in [2.05, 4.69) is 246 Å². The van der Waals surface area contributed by atoms with Crippen LogP contribution in [0.3, 0.4) is 0 Å². The molecule has 0 unspecified atom stereocenters. The molecule has 5 aliphatic carbocycles. The van der Waals surface area contributed by atoms with Crippen LogP contribution in [0, 0.1) is 0 Å². The van der Waals surface area contributed by atoms with Crippen LogP contribution in [0.5, 0.6) is 23.0 Å². The molecule has 0 aliphatic heterocycles. The van der Waals surface area contributed by atoms with Gasteiger partial charge in [0.25, 0.3) is 0 Å². The summed E-state index contributed by atoms with van der Waals surface area (Å²) in [5.74, 6) is 4.07. The molecular weight excluding hydrogens is 1220 g/mol. The Morgan fingerprint density at radius 1 is 0.160 bits per heavy atom. The van der Waals surface area contributed by atoms with Gasteiger partial charge in [0.2, 0.25) is 0 Å². The van der Waals surface area contributed by atoms with Gasteiger partial charge in [0, 0.05) is 51.4 Å². The quantitative estimate of drug-likeness (QED) is 0.122. The zero-order valence-corrected chi connectivity index (χ0v) is 58.6. The summed E-state index contributed by atoms with van der Waals surface area (Å²) in [5.41, 5.74) is 41.2. The summed E-state index contributed by atoms with van der Waals surface area (Å²) in [6.07, 6.45) is 11.9. The number of para-hydroxylation sites is 4. The number of hydrogen-bond donors (Lipinski definition) is 0. The van der Waals surface area contributed by atoms with Crippen LogP contribution in [0.1, 0.15) is 187 Å². The van der Waals surface area contributed by atoms with Crippen LogP contribution < -0.4 is 18.9 Å². The van der Waals surface area contributed by atoms with Crippen molar-refractivity contribution >= 4 is 0 Å². The van der Waals surface area contributed by atoms with E-state index in [-0.39, 0.29) is 0 Å². The van der Waals surface area contributed by atoms with Gasteiger partial charge < -0.3 is 18.9 Å². The normalized spacial score (nSPS) is 13.6. The predicted octanol–water partition coefficient (Wildman–Crippen LogP) is 22.2. The highest BCUT2D eigenvalue weighted by molar-refractivity contribution is 5.87. The van der Waals surface area contributed by atoms with Crippen LogP contribution in [0.15, 0.2) is 218 Å². The molecule has 12 aromatic rings. The molecule has 4 nitrogen and oxygen atoms in total. The van der Waals surface area contributed by atoms with E-state index in [1.54, 1.807) is 0 Å². The van der Waals surface area contributed by atoms with Crippen molar-refractivity contribution in [1.82, 2.24) is 0 Å². The molecule has 496 valence electrons. The molecule has 0 aromatic heterocycles. The molecule has 0 radical (unpaired) electrons. The van der Waals surface area contributed by atoms with Crippen molar-refractivity contribution in [3.63, 3.8) is 0 Å². The lowest BCUT2D eigenvalue weighted by molar-refractivity contribution is 0.311. The van der Waals surface area contributed by atoms with E-state index in [0.29, 0.717) is 103 Å². The van der Waals surface area contributed by atoms with Crippen molar-refractivity contribution in [1.29, 1.82) is 0 Å². The SMILES string of the molecule is CCCOc1c2cccc1Cc1cccc3c1-c1c4cccc1Cc1cccc5c1-c1c6cccc1Cc1cccc(c1OCCC)Cc1cccc(c1-c1c(cccc1C4)Cc1cccc(c1-c1c(cccc1Cc1cccc(c1OCCC)C3)C2)C5)Cc1cccc(c1OCCC)C6. The van der Waals surface area contributed by atoms with Gasteiger partial charge in [0.1, 0.15) is 23.0 Å². The number of benzene rings is 12. The molecule has 0 fully saturated rings. The van der Waals surface area contributed by atoms with Gasteiger partial charge in [-0.05, 0) is 229 Å². The second kappa shape index (κ2) is 27.5. The molecule has 0 saturated carbocycles. The van der Waals surface area contributed by atoms with Crippen molar-refractivity contribution in [3.8, 4) is 67.5 Å². The second-order valence-electron chi connectivity index (χ2n) is 28.7. The third kappa shape index (κ3) is 11.7. The van der Waals surface area contributed by atoms with Gasteiger partial charge in [-0.2, -0.15) is 0 Å². The van der Waals surface area contributed by atoms with Gasteiger partial charge >= 0.3 is 0 Å². The third-order valence-corrected chi connectivity index (χ3v) is 22.0. The number of fused-ring (bicyclic) bond motifs is 4. The Bertz CT molecular complexity index is 4260. The summed E-state index contributed by atoms with van der Waals surface area (Å²) in [6, 6.07) is 86.5. The molecule has 100 heavy (non-hydrogen) atoms. The van der Waals surface area contributed by atoms with Gasteiger partial charge in [-0.1, -0.05) is 246 Å². The highest BCUT2D eigenvalue weighted by atomic mass is 16.5. The first-order chi connectivity index (χ1) is 49.4. The topological polar surface area (TPSA) is 36.9 Å². The van der Waals surface area contributed by atoms with E-state index in [9.17, 15) is 0 Å². The minimum absolute atomic E-state index is 0.633. The monoisotopic (exact) mass is 1300 g/mol. The molecule has 0 atom stereocenters. The fourth-order valence-corrected chi connectivity index (χ4v) is 17.8. The maximum Gasteiger partial charge on any atom is 0.126 e. The smallest absolute Gasteiger partial charge is 0.126 e. The van der Waals surface area contributed by atoms with E-state index >= 15 is 0 Å². The molecule has 4 heteroatoms. The molecular formula is C96H88O4. The van der Waals surface area contributed by atoms with Crippen LogP contribution in [-0.4, -0.2) is 26.4 Å². The molecule has 5 aliphatic rings. The van der Waals surface area contributed by atoms with E-state index in [0.717, 1.165) is 48.7 Å². The van der Waals surface area contributed by atoms with Crippen molar-refractivity contribution in [2.24, 2.45) is 0 Å². The van der Waals surface area contributed by atoms with Crippen molar-refractivity contribution in [3.05, 3.63) is 352 Å². The third-order valence-electron chi connectivity index (χ3n) is 22.0. The highest BCUT2D eigenvalue weighted by Crippen LogP contribution is 2.50. The fraction of sp³-hybridized carbons (Fsp3) is 0.250. The summed E-state index contributed by atoms with van der Waals surface area (Å²) >= 11 is 0. The molecule has 0 amide bonds. The Hall–Kier alpha value is -10.2. The van der Waals surface area contributed by atoms with Crippen LogP contribution in [-0.2, 0) is 77.0 Å². The molecule has 0 heterocycles. The van der Waals surface area contributed by atoms with Crippen LogP contribution in [0.2, 0.25) is 0 Å². The molecule has 0 saturated heterocycles. The Morgan fingerprint density at radius 3 is 0.370 bits per heavy atom. The van der Waals surface area contributed by atoms with E-state index in [1.807, 2.05) is 0 Å². The van der Waals surface area contributed by atoms with Gasteiger partial charge in [0.15, 0.2) is 0 Å².